The van der Waals surface area contributed by atoms with Crippen LogP contribution >= 0.6 is 0 Å². The molecule has 4 N–H and O–H groups in total. The molecule has 8 atom stereocenters. The molecule has 1 saturated heterocycles. The number of rotatable bonds is 12. The average Bonchev–Trinajstić information content (AvgIpc) is 4.11. The molecule has 2 aromatic heterocycles. The lowest BCUT2D eigenvalue weighted by atomic mass is 9.78. The first kappa shape index (κ1) is 38.1. The third-order valence-corrected chi connectivity index (χ3v) is 12.5. The highest BCUT2D eigenvalue weighted by molar-refractivity contribution is 5.87. The number of H-pyrrole nitrogens is 2. The molecule has 12 nitrogen and oxygen atoms in total. The zero-order valence-corrected chi connectivity index (χ0v) is 32.9. The number of nitrogens with zero attached hydrogens (tertiary/aromatic N) is 3. The number of hydrogen-bond acceptors (Lipinski definition) is 7. The molecule has 12 heteroatoms. The van der Waals surface area contributed by atoms with Gasteiger partial charge in [0.2, 0.25) is 11.8 Å². The fraction of sp³-hybridized carbons (Fsp3) is 0.400. The van der Waals surface area contributed by atoms with Gasteiger partial charge < -0.3 is 35.0 Å². The number of imidazole rings is 2. The Hall–Kier alpha value is -5.75. The summed E-state index contributed by atoms with van der Waals surface area (Å²) >= 11 is 0. The van der Waals surface area contributed by atoms with Gasteiger partial charge in [0, 0.05) is 19.6 Å². The minimum atomic E-state index is -0.884. The standard InChI is InChI=1S/C45H51N7O5/c1-26(28-9-6-5-7-10-28)48-43(53)39-34-21-20-33(23-34)38(39)42-47-25-36(50-42)32-18-14-30(15-19-32)29-12-16-31(17-13-29)35-24-46-41(49-35)37-11-8-22-52(37)44(54)40(27(2)56-3)51-45(55)57-4/h5-7,9-10,12-19,24-27,33-34,37-40H,8,11,20-23H2,1-4H3,(H,46,49)(H,47,50)(H,48,53)(H,51,55)/t26-,27+,33?,34?,37-,38+,39+,40-/m0/s1. The van der Waals surface area contributed by atoms with Crippen LogP contribution in [0.25, 0.3) is 33.6 Å². The van der Waals surface area contributed by atoms with Crippen LogP contribution in [0.3, 0.4) is 0 Å². The zero-order chi connectivity index (χ0) is 39.6. The minimum absolute atomic E-state index is 0.0468. The molecular formula is C45H51N7O5. The van der Waals surface area contributed by atoms with Crippen LogP contribution < -0.4 is 10.6 Å². The monoisotopic (exact) mass is 769 g/mol. The number of aromatic nitrogens is 4. The fourth-order valence-corrected chi connectivity index (χ4v) is 9.38. The number of fused-ring (bicyclic) bond motifs is 2. The van der Waals surface area contributed by atoms with Crippen molar-refractivity contribution in [1.82, 2.24) is 35.5 Å². The molecule has 296 valence electrons. The molecule has 3 amide bonds. The van der Waals surface area contributed by atoms with Gasteiger partial charge in [-0.05, 0) is 85.6 Å². The van der Waals surface area contributed by atoms with Gasteiger partial charge in [0.25, 0.3) is 0 Å². The molecule has 5 aromatic rings. The van der Waals surface area contributed by atoms with E-state index in [9.17, 15) is 14.4 Å². The van der Waals surface area contributed by atoms with Crippen molar-refractivity contribution in [2.45, 2.75) is 76.1 Å². The lowest BCUT2D eigenvalue weighted by molar-refractivity contribution is -0.137. The Morgan fingerprint density at radius 2 is 1.35 bits per heavy atom. The number of carbonyl (C=O) groups excluding carboxylic acids is 3. The first-order chi connectivity index (χ1) is 27.7. The second-order valence-electron chi connectivity index (χ2n) is 15.8. The number of methoxy groups -OCH3 is 2. The molecule has 3 fully saturated rings. The fourth-order valence-electron chi connectivity index (χ4n) is 9.38. The third kappa shape index (κ3) is 7.70. The number of alkyl carbamates (subject to hydrolysis) is 1. The summed E-state index contributed by atoms with van der Waals surface area (Å²) in [5.74, 6) is 2.40. The lowest BCUT2D eigenvalue weighted by Gasteiger charge is -2.30. The molecule has 3 heterocycles. The zero-order valence-electron chi connectivity index (χ0n) is 32.9. The lowest BCUT2D eigenvalue weighted by Crippen LogP contribution is -2.54. The predicted molar refractivity (Wildman–Crippen MR) is 217 cm³/mol. The van der Waals surface area contributed by atoms with E-state index in [0.29, 0.717) is 24.2 Å². The summed E-state index contributed by atoms with van der Waals surface area (Å²) < 4.78 is 10.2. The van der Waals surface area contributed by atoms with Crippen molar-refractivity contribution in [2.24, 2.45) is 17.8 Å². The summed E-state index contributed by atoms with van der Waals surface area (Å²) in [4.78, 5) is 57.8. The second-order valence-corrected chi connectivity index (χ2v) is 15.8. The van der Waals surface area contributed by atoms with Gasteiger partial charge in [0.1, 0.15) is 17.7 Å². The van der Waals surface area contributed by atoms with E-state index in [4.69, 9.17) is 14.5 Å². The summed E-state index contributed by atoms with van der Waals surface area (Å²) in [6.45, 7) is 4.35. The molecule has 57 heavy (non-hydrogen) atoms. The van der Waals surface area contributed by atoms with E-state index in [2.05, 4.69) is 93.2 Å². The van der Waals surface area contributed by atoms with Crippen LogP contribution in [-0.2, 0) is 19.1 Å². The number of benzene rings is 3. The van der Waals surface area contributed by atoms with E-state index in [1.165, 1.54) is 14.2 Å². The van der Waals surface area contributed by atoms with Gasteiger partial charge in [-0.15, -0.1) is 0 Å². The van der Waals surface area contributed by atoms with E-state index in [1.54, 1.807) is 18.0 Å². The van der Waals surface area contributed by atoms with E-state index >= 15 is 0 Å². The first-order valence-corrected chi connectivity index (χ1v) is 20.1. The molecule has 8 rings (SSSR count). The van der Waals surface area contributed by atoms with Crippen LogP contribution in [0.2, 0.25) is 0 Å². The Kier molecular flexibility index (Phi) is 11.0. The summed E-state index contributed by atoms with van der Waals surface area (Å²) in [6, 6.07) is 25.8. The summed E-state index contributed by atoms with van der Waals surface area (Å²) in [7, 11) is 2.77. The molecule has 2 aliphatic carbocycles. The number of likely N-dealkylation sites (tertiary alicyclic amines) is 1. The maximum absolute atomic E-state index is 13.7. The number of carbonyl (C=O) groups is 3. The van der Waals surface area contributed by atoms with Gasteiger partial charge in [-0.3, -0.25) is 9.59 Å². The van der Waals surface area contributed by atoms with Gasteiger partial charge in [0.05, 0.1) is 55.0 Å². The van der Waals surface area contributed by atoms with Crippen LogP contribution in [-0.4, -0.2) is 75.7 Å². The third-order valence-electron chi connectivity index (χ3n) is 12.5. The second kappa shape index (κ2) is 16.4. The Balaban J connectivity index is 0.922. The predicted octanol–water partition coefficient (Wildman–Crippen LogP) is 7.56. The molecule has 2 saturated carbocycles. The number of nitrogens with one attached hydrogen (secondary N) is 4. The van der Waals surface area contributed by atoms with Crippen molar-refractivity contribution >= 4 is 17.9 Å². The smallest absolute Gasteiger partial charge is 0.407 e. The van der Waals surface area contributed by atoms with Crippen molar-refractivity contribution < 1.29 is 23.9 Å². The SMILES string of the molecule is COC(=O)N[C@H](C(=O)N1CCC[C@H]1c1ncc(-c2ccc(-c3ccc(-c4cnc([C@@H]5C6CCC(C6)[C@H]5C(=O)N[C@@H](C)c5ccccc5)[nH]4)cc3)cc2)[nH]1)[C@@H](C)OC. The van der Waals surface area contributed by atoms with Crippen molar-refractivity contribution in [1.29, 1.82) is 0 Å². The summed E-state index contributed by atoms with van der Waals surface area (Å²) in [5.41, 5.74) is 7.12. The van der Waals surface area contributed by atoms with E-state index < -0.39 is 18.2 Å². The number of amides is 3. The molecule has 1 aliphatic heterocycles. The largest absolute Gasteiger partial charge is 0.453 e. The highest BCUT2D eigenvalue weighted by atomic mass is 16.5. The van der Waals surface area contributed by atoms with Crippen LogP contribution in [0.4, 0.5) is 4.79 Å². The molecule has 2 unspecified atom stereocenters. The maximum atomic E-state index is 13.7. The Morgan fingerprint density at radius 3 is 1.98 bits per heavy atom. The van der Waals surface area contributed by atoms with Gasteiger partial charge >= 0.3 is 6.09 Å². The van der Waals surface area contributed by atoms with Gasteiger partial charge in [-0.2, -0.15) is 0 Å². The molecule has 0 spiro atoms. The van der Waals surface area contributed by atoms with Crippen molar-refractivity contribution in [3.8, 4) is 33.6 Å². The van der Waals surface area contributed by atoms with Gasteiger partial charge in [-0.25, -0.2) is 14.8 Å². The Bertz CT molecular complexity index is 2180. The average molecular weight is 770 g/mol. The number of ether oxygens (including phenoxy) is 2. The summed E-state index contributed by atoms with van der Waals surface area (Å²) in [6.07, 6.45) is 7.40. The van der Waals surface area contributed by atoms with Crippen molar-refractivity contribution in [3.05, 3.63) is 108 Å². The van der Waals surface area contributed by atoms with Crippen LogP contribution in [0.15, 0.2) is 91.3 Å². The molecule has 0 radical (unpaired) electrons. The van der Waals surface area contributed by atoms with Crippen molar-refractivity contribution in [2.75, 3.05) is 20.8 Å². The van der Waals surface area contributed by atoms with Gasteiger partial charge in [0.15, 0.2) is 0 Å². The van der Waals surface area contributed by atoms with Crippen molar-refractivity contribution in [3.63, 3.8) is 0 Å². The summed E-state index contributed by atoms with van der Waals surface area (Å²) in [5, 5.41) is 5.94. The van der Waals surface area contributed by atoms with Gasteiger partial charge in [-0.1, -0.05) is 78.9 Å². The topological polar surface area (TPSA) is 154 Å². The number of aromatic amines is 2. The Morgan fingerprint density at radius 1 is 0.754 bits per heavy atom. The quantitative estimate of drug-likeness (QED) is 0.102. The molecule has 3 aliphatic rings. The van der Waals surface area contributed by atoms with Crippen LogP contribution in [0.1, 0.15) is 81.2 Å². The van der Waals surface area contributed by atoms with E-state index in [1.807, 2.05) is 24.4 Å². The minimum Gasteiger partial charge on any atom is -0.453 e. The van der Waals surface area contributed by atoms with E-state index in [0.717, 1.165) is 77.1 Å². The molecule has 2 bridgehead atoms. The maximum Gasteiger partial charge on any atom is 0.407 e. The highest BCUT2D eigenvalue weighted by Gasteiger charge is 2.52. The van der Waals surface area contributed by atoms with Crippen LogP contribution in [0.5, 0.6) is 0 Å². The first-order valence-electron chi connectivity index (χ1n) is 20.1. The molecular weight excluding hydrogens is 719 g/mol. The Labute approximate surface area is 333 Å². The highest BCUT2D eigenvalue weighted by Crippen LogP contribution is 2.56. The van der Waals surface area contributed by atoms with E-state index in [-0.39, 0.29) is 35.7 Å². The number of hydrogen-bond donors (Lipinski definition) is 4. The van der Waals surface area contributed by atoms with Crippen LogP contribution in [0, 0.1) is 17.8 Å². The normalized spacial score (nSPS) is 22.9. The molecule has 3 aromatic carbocycles.